The van der Waals surface area contributed by atoms with Crippen LogP contribution in [-0.2, 0) is 22.6 Å². The number of carbonyl (C=O) groups excluding carboxylic acids is 2. The second-order valence-electron chi connectivity index (χ2n) is 6.55. The summed E-state index contributed by atoms with van der Waals surface area (Å²) < 4.78 is 0. The van der Waals surface area contributed by atoms with Gasteiger partial charge in [0.15, 0.2) is 0 Å². The van der Waals surface area contributed by atoms with Gasteiger partial charge in [0.25, 0.3) is 0 Å². The van der Waals surface area contributed by atoms with Gasteiger partial charge in [-0.25, -0.2) is 0 Å². The fourth-order valence-corrected chi connectivity index (χ4v) is 3.45. The second kappa shape index (κ2) is 6.67. The molecular weight excluding hydrogens is 302 g/mol. The Kier molecular flexibility index (Phi) is 4.60. The van der Waals surface area contributed by atoms with Crippen LogP contribution in [-0.4, -0.2) is 34.3 Å². The normalized spacial score (nSPS) is 16.0. The monoisotopic (exact) mass is 327 g/mol. The van der Waals surface area contributed by atoms with Crippen LogP contribution in [0.2, 0.25) is 0 Å². The zero-order valence-electron chi connectivity index (χ0n) is 14.6. The summed E-state index contributed by atoms with van der Waals surface area (Å²) in [5.41, 5.74) is 4.74. The molecular formula is C19H25N3O2. The zero-order valence-corrected chi connectivity index (χ0v) is 14.6. The largest absolute Gasteiger partial charge is 0.358 e. The number of hydrogen-bond donors (Lipinski definition) is 2. The highest BCUT2D eigenvalue weighted by Crippen LogP contribution is 2.23. The van der Waals surface area contributed by atoms with Gasteiger partial charge in [0, 0.05) is 36.1 Å². The van der Waals surface area contributed by atoms with Crippen molar-refractivity contribution in [3.05, 3.63) is 35.0 Å². The molecule has 2 aromatic rings. The number of H-pyrrole nitrogens is 1. The maximum absolute atomic E-state index is 12.3. The van der Waals surface area contributed by atoms with Crippen molar-refractivity contribution in [1.82, 2.24) is 15.2 Å². The van der Waals surface area contributed by atoms with Crippen LogP contribution in [0.1, 0.15) is 43.5 Å². The first-order valence-corrected chi connectivity index (χ1v) is 8.68. The van der Waals surface area contributed by atoms with Gasteiger partial charge >= 0.3 is 0 Å². The minimum absolute atomic E-state index is 0.0779. The van der Waals surface area contributed by atoms with E-state index in [1.165, 1.54) is 16.6 Å². The van der Waals surface area contributed by atoms with Gasteiger partial charge in [0.1, 0.15) is 6.04 Å². The average Bonchev–Trinajstić information content (AvgIpc) is 3.15. The molecule has 2 amide bonds. The molecule has 1 fully saturated rings. The van der Waals surface area contributed by atoms with E-state index in [1.807, 2.05) is 6.07 Å². The molecule has 0 aliphatic carbocycles. The van der Waals surface area contributed by atoms with Crippen LogP contribution in [0.4, 0.5) is 0 Å². The summed E-state index contributed by atoms with van der Waals surface area (Å²) in [6, 6.07) is 5.83. The molecule has 1 aliphatic heterocycles. The van der Waals surface area contributed by atoms with Gasteiger partial charge in [-0.3, -0.25) is 9.59 Å². The number of aromatic amines is 1. The molecule has 5 nitrogen and oxygen atoms in total. The predicted octanol–water partition coefficient (Wildman–Crippen LogP) is 2.67. The van der Waals surface area contributed by atoms with Crippen molar-refractivity contribution < 1.29 is 9.59 Å². The van der Waals surface area contributed by atoms with Crippen molar-refractivity contribution in [2.24, 2.45) is 0 Å². The summed E-state index contributed by atoms with van der Waals surface area (Å²) in [6.07, 6.45) is 2.38. The van der Waals surface area contributed by atoms with Crippen LogP contribution in [0.5, 0.6) is 0 Å². The minimum atomic E-state index is -0.399. The summed E-state index contributed by atoms with van der Waals surface area (Å²) in [6.45, 7) is 7.22. The van der Waals surface area contributed by atoms with Crippen molar-refractivity contribution in [3.8, 4) is 0 Å². The van der Waals surface area contributed by atoms with Crippen molar-refractivity contribution in [1.29, 1.82) is 0 Å². The Balaban J connectivity index is 1.67. The highest BCUT2D eigenvalue weighted by Gasteiger charge is 2.29. The van der Waals surface area contributed by atoms with Crippen LogP contribution in [0, 0.1) is 6.92 Å². The van der Waals surface area contributed by atoms with Crippen molar-refractivity contribution in [2.75, 3.05) is 6.54 Å². The van der Waals surface area contributed by atoms with E-state index in [9.17, 15) is 9.59 Å². The Bertz CT molecular complexity index is 778. The maximum Gasteiger partial charge on any atom is 0.242 e. The fraction of sp³-hybridized carbons (Fsp3) is 0.474. The number of benzene rings is 1. The highest BCUT2D eigenvalue weighted by atomic mass is 16.2. The molecule has 1 aromatic heterocycles. The summed E-state index contributed by atoms with van der Waals surface area (Å²) in [7, 11) is 0. The van der Waals surface area contributed by atoms with Crippen LogP contribution >= 0.6 is 0 Å². The van der Waals surface area contributed by atoms with Gasteiger partial charge in [-0.1, -0.05) is 13.0 Å². The number of amides is 2. The fourth-order valence-electron chi connectivity index (χ4n) is 3.45. The lowest BCUT2D eigenvalue weighted by Crippen LogP contribution is -2.45. The maximum atomic E-state index is 12.3. The quantitative estimate of drug-likeness (QED) is 0.887. The number of hydrogen-bond acceptors (Lipinski definition) is 2. The van der Waals surface area contributed by atoms with Gasteiger partial charge in [0.05, 0.1) is 0 Å². The van der Waals surface area contributed by atoms with E-state index >= 15 is 0 Å². The number of aryl methyl sites for hydroxylation is 2. The van der Waals surface area contributed by atoms with Gasteiger partial charge < -0.3 is 15.2 Å². The first-order chi connectivity index (χ1) is 11.5. The van der Waals surface area contributed by atoms with Crippen molar-refractivity contribution >= 4 is 22.7 Å². The van der Waals surface area contributed by atoms with E-state index in [-0.39, 0.29) is 11.8 Å². The molecule has 1 unspecified atom stereocenters. The molecule has 0 radical (unpaired) electrons. The van der Waals surface area contributed by atoms with E-state index < -0.39 is 6.04 Å². The molecule has 3 rings (SSSR count). The lowest BCUT2D eigenvalue weighted by Gasteiger charge is -2.23. The molecule has 2 heterocycles. The molecule has 2 N–H and O–H groups in total. The number of fused-ring (bicyclic) bond motifs is 1. The zero-order chi connectivity index (χ0) is 17.3. The Morgan fingerprint density at radius 3 is 2.88 bits per heavy atom. The predicted molar refractivity (Wildman–Crippen MR) is 94.7 cm³/mol. The molecule has 128 valence electrons. The number of rotatable bonds is 5. The second-order valence-corrected chi connectivity index (χ2v) is 6.55. The van der Waals surface area contributed by atoms with Gasteiger partial charge in [0.2, 0.25) is 11.8 Å². The summed E-state index contributed by atoms with van der Waals surface area (Å²) >= 11 is 0. The molecule has 0 spiro atoms. The smallest absolute Gasteiger partial charge is 0.242 e. The third-order valence-corrected chi connectivity index (χ3v) is 5.00. The van der Waals surface area contributed by atoms with Gasteiger partial charge in [-0.2, -0.15) is 0 Å². The first-order valence-electron chi connectivity index (χ1n) is 8.68. The van der Waals surface area contributed by atoms with Crippen molar-refractivity contribution in [2.45, 2.75) is 52.6 Å². The Labute approximate surface area is 142 Å². The highest BCUT2D eigenvalue weighted by molar-refractivity contribution is 5.88. The number of aromatic nitrogens is 1. The topological polar surface area (TPSA) is 65.2 Å². The third-order valence-electron chi connectivity index (χ3n) is 5.00. The number of likely N-dealkylation sites (tertiary alicyclic amines) is 1. The average molecular weight is 327 g/mol. The van der Waals surface area contributed by atoms with E-state index in [2.05, 4.69) is 36.3 Å². The van der Waals surface area contributed by atoms with E-state index in [1.54, 1.807) is 11.8 Å². The lowest BCUT2D eigenvalue weighted by atomic mass is 10.1. The van der Waals surface area contributed by atoms with Crippen LogP contribution in [0.25, 0.3) is 10.9 Å². The van der Waals surface area contributed by atoms with Crippen LogP contribution in [0.15, 0.2) is 18.2 Å². The van der Waals surface area contributed by atoms with Gasteiger partial charge in [-0.15, -0.1) is 0 Å². The summed E-state index contributed by atoms with van der Waals surface area (Å²) in [5, 5.41) is 4.17. The van der Waals surface area contributed by atoms with Crippen LogP contribution < -0.4 is 5.32 Å². The summed E-state index contributed by atoms with van der Waals surface area (Å²) in [4.78, 5) is 29.2. The number of nitrogens with zero attached hydrogens (tertiary/aromatic N) is 1. The van der Waals surface area contributed by atoms with Gasteiger partial charge in [-0.05, 0) is 49.9 Å². The van der Waals surface area contributed by atoms with Crippen LogP contribution in [0.3, 0.4) is 0 Å². The molecule has 1 saturated heterocycles. The molecule has 0 saturated carbocycles. The molecule has 0 bridgehead atoms. The van der Waals surface area contributed by atoms with E-state index in [0.29, 0.717) is 19.5 Å². The molecule has 1 aliphatic rings. The Morgan fingerprint density at radius 1 is 1.42 bits per heavy atom. The molecule has 24 heavy (non-hydrogen) atoms. The molecule has 1 aromatic carbocycles. The number of carbonyl (C=O) groups is 2. The molecule has 1 atom stereocenters. The molecule has 5 heteroatoms. The van der Waals surface area contributed by atoms with Crippen molar-refractivity contribution in [3.63, 3.8) is 0 Å². The Hall–Kier alpha value is -2.30. The van der Waals surface area contributed by atoms with E-state index in [4.69, 9.17) is 0 Å². The Morgan fingerprint density at radius 2 is 2.21 bits per heavy atom. The number of nitrogens with one attached hydrogen (secondary N) is 2. The third kappa shape index (κ3) is 3.03. The first kappa shape index (κ1) is 16.6. The summed E-state index contributed by atoms with van der Waals surface area (Å²) in [5.74, 6) is -0.0144. The minimum Gasteiger partial charge on any atom is -0.358 e. The standard InChI is InChI=1S/C19H25N3O2/c1-4-16-12(2)15-10-14(7-8-17(15)21-16)11-20-19(24)13(3)22-9-5-6-18(22)23/h7-8,10,13,21H,4-6,9,11H2,1-3H3,(H,20,24). The SMILES string of the molecule is CCc1[nH]c2ccc(CNC(=O)C(C)N3CCCC3=O)cc2c1C. The van der Waals surface area contributed by atoms with E-state index in [0.717, 1.165) is 23.9 Å². The lowest BCUT2D eigenvalue weighted by molar-refractivity contribution is -0.136.